The molecule has 0 radical (unpaired) electrons. The molecule has 5 heteroatoms. The van der Waals surface area contributed by atoms with Gasteiger partial charge in [0.05, 0.1) is 17.6 Å². The second-order valence-electron chi connectivity index (χ2n) is 6.43. The number of nitrogens with zero attached hydrogens (tertiary/aromatic N) is 3. The van der Waals surface area contributed by atoms with Gasteiger partial charge < -0.3 is 14.8 Å². The van der Waals surface area contributed by atoms with E-state index >= 15 is 0 Å². The molecule has 0 saturated carbocycles. The van der Waals surface area contributed by atoms with E-state index in [0.717, 1.165) is 23.3 Å². The van der Waals surface area contributed by atoms with Crippen LogP contribution in [0.1, 0.15) is 11.4 Å². The Morgan fingerprint density at radius 3 is 2.56 bits per heavy atom. The first kappa shape index (κ1) is 17.2. The predicted molar refractivity (Wildman–Crippen MR) is 100 cm³/mol. The van der Waals surface area contributed by atoms with E-state index in [2.05, 4.69) is 27.3 Å². The summed E-state index contributed by atoms with van der Waals surface area (Å²) in [6, 6.07) is 18.1. The standard InChI is InChI=1S/C20H24N4O/c1-23(2)14-19-22-17-10-6-7-11-18(17)24(19)15-20(25)21-13-12-16-8-4-3-5-9-16/h3-11H,12-15H2,1-2H3,(H,21,25). The van der Waals surface area contributed by atoms with Crippen molar-refractivity contribution in [3.05, 3.63) is 66.0 Å². The van der Waals surface area contributed by atoms with Crippen LogP contribution >= 0.6 is 0 Å². The Kier molecular flexibility index (Phi) is 5.46. The Labute approximate surface area is 148 Å². The highest BCUT2D eigenvalue weighted by Crippen LogP contribution is 2.16. The fourth-order valence-corrected chi connectivity index (χ4v) is 2.90. The maximum atomic E-state index is 12.4. The summed E-state index contributed by atoms with van der Waals surface area (Å²) in [5.41, 5.74) is 3.15. The van der Waals surface area contributed by atoms with Crippen LogP contribution in [0.15, 0.2) is 54.6 Å². The molecule has 0 saturated heterocycles. The summed E-state index contributed by atoms with van der Waals surface area (Å²) >= 11 is 0. The molecule has 2 aromatic carbocycles. The van der Waals surface area contributed by atoms with E-state index in [0.29, 0.717) is 19.6 Å². The van der Waals surface area contributed by atoms with Crippen LogP contribution in [-0.4, -0.2) is 41.0 Å². The number of benzene rings is 2. The van der Waals surface area contributed by atoms with Gasteiger partial charge in [0.1, 0.15) is 12.4 Å². The average Bonchev–Trinajstić information content (AvgIpc) is 2.92. The minimum absolute atomic E-state index is 0.0130. The second kappa shape index (κ2) is 7.94. The maximum absolute atomic E-state index is 12.4. The third-order valence-corrected chi connectivity index (χ3v) is 4.07. The van der Waals surface area contributed by atoms with Crippen LogP contribution in [-0.2, 0) is 24.3 Å². The molecule has 1 heterocycles. The zero-order valence-corrected chi connectivity index (χ0v) is 14.8. The van der Waals surface area contributed by atoms with Crippen LogP contribution in [0.3, 0.4) is 0 Å². The molecular weight excluding hydrogens is 312 g/mol. The molecule has 130 valence electrons. The monoisotopic (exact) mass is 336 g/mol. The molecule has 1 N–H and O–H groups in total. The number of amides is 1. The molecule has 3 rings (SSSR count). The van der Waals surface area contributed by atoms with E-state index in [9.17, 15) is 4.79 Å². The summed E-state index contributed by atoms with van der Waals surface area (Å²) < 4.78 is 2.01. The number of rotatable bonds is 7. The number of carbonyl (C=O) groups is 1. The normalized spacial score (nSPS) is 11.2. The first-order valence-corrected chi connectivity index (χ1v) is 8.53. The molecule has 0 unspecified atom stereocenters. The quantitative estimate of drug-likeness (QED) is 0.721. The minimum atomic E-state index is 0.0130. The van der Waals surface area contributed by atoms with Gasteiger partial charge in [0.25, 0.3) is 0 Å². The smallest absolute Gasteiger partial charge is 0.240 e. The van der Waals surface area contributed by atoms with E-state index in [-0.39, 0.29) is 5.91 Å². The van der Waals surface area contributed by atoms with Crippen molar-refractivity contribution in [2.24, 2.45) is 0 Å². The second-order valence-corrected chi connectivity index (χ2v) is 6.43. The highest BCUT2D eigenvalue weighted by atomic mass is 16.1. The van der Waals surface area contributed by atoms with Gasteiger partial charge in [0.2, 0.25) is 5.91 Å². The highest BCUT2D eigenvalue weighted by molar-refractivity contribution is 5.81. The molecule has 0 spiro atoms. The zero-order chi connectivity index (χ0) is 17.6. The number of aromatic nitrogens is 2. The van der Waals surface area contributed by atoms with Crippen LogP contribution in [0.4, 0.5) is 0 Å². The summed E-state index contributed by atoms with van der Waals surface area (Å²) in [5.74, 6) is 0.920. The molecule has 25 heavy (non-hydrogen) atoms. The fraction of sp³-hybridized carbons (Fsp3) is 0.300. The van der Waals surface area contributed by atoms with Crippen LogP contribution in [0.2, 0.25) is 0 Å². The lowest BCUT2D eigenvalue weighted by Crippen LogP contribution is -2.30. The van der Waals surface area contributed by atoms with Crippen LogP contribution in [0.25, 0.3) is 11.0 Å². The van der Waals surface area contributed by atoms with Crippen LogP contribution in [0, 0.1) is 0 Å². The topological polar surface area (TPSA) is 50.2 Å². The van der Waals surface area contributed by atoms with Crippen molar-refractivity contribution in [3.8, 4) is 0 Å². The van der Waals surface area contributed by atoms with Crippen molar-refractivity contribution in [2.75, 3.05) is 20.6 Å². The van der Waals surface area contributed by atoms with E-state index in [1.165, 1.54) is 5.56 Å². The number of fused-ring (bicyclic) bond motifs is 1. The first-order valence-electron chi connectivity index (χ1n) is 8.53. The van der Waals surface area contributed by atoms with Crippen molar-refractivity contribution >= 4 is 16.9 Å². The number of imidazole rings is 1. The Bertz CT molecular complexity index is 839. The van der Waals surface area contributed by atoms with Crippen molar-refractivity contribution in [1.82, 2.24) is 19.8 Å². The molecule has 1 aromatic heterocycles. The lowest BCUT2D eigenvalue weighted by molar-refractivity contribution is -0.121. The Hall–Kier alpha value is -2.66. The lowest BCUT2D eigenvalue weighted by Gasteiger charge is -2.13. The summed E-state index contributed by atoms with van der Waals surface area (Å²) in [6.07, 6.45) is 0.835. The van der Waals surface area contributed by atoms with Gasteiger partial charge in [-0.15, -0.1) is 0 Å². The molecule has 3 aromatic rings. The largest absolute Gasteiger partial charge is 0.354 e. The molecule has 0 fully saturated rings. The maximum Gasteiger partial charge on any atom is 0.240 e. The number of hydrogen-bond acceptors (Lipinski definition) is 3. The molecule has 0 aliphatic carbocycles. The Morgan fingerprint density at radius 2 is 1.80 bits per heavy atom. The average molecular weight is 336 g/mol. The zero-order valence-electron chi connectivity index (χ0n) is 14.8. The third-order valence-electron chi connectivity index (χ3n) is 4.07. The predicted octanol–water partition coefficient (Wildman–Crippen LogP) is 2.46. The number of hydrogen-bond donors (Lipinski definition) is 1. The lowest BCUT2D eigenvalue weighted by atomic mass is 10.1. The number of carbonyl (C=O) groups excluding carboxylic acids is 1. The Morgan fingerprint density at radius 1 is 1.08 bits per heavy atom. The minimum Gasteiger partial charge on any atom is -0.354 e. The van der Waals surface area contributed by atoms with Crippen molar-refractivity contribution in [2.45, 2.75) is 19.5 Å². The Balaban J connectivity index is 1.67. The van der Waals surface area contributed by atoms with Gasteiger partial charge in [0.15, 0.2) is 0 Å². The van der Waals surface area contributed by atoms with Gasteiger partial charge in [-0.05, 0) is 38.2 Å². The van der Waals surface area contributed by atoms with Crippen molar-refractivity contribution < 1.29 is 4.79 Å². The number of nitrogens with one attached hydrogen (secondary N) is 1. The van der Waals surface area contributed by atoms with Crippen LogP contribution < -0.4 is 5.32 Å². The van der Waals surface area contributed by atoms with Gasteiger partial charge in [-0.2, -0.15) is 0 Å². The van der Waals surface area contributed by atoms with Crippen molar-refractivity contribution in [1.29, 1.82) is 0 Å². The molecule has 0 bridgehead atoms. The third kappa shape index (κ3) is 4.45. The first-order chi connectivity index (χ1) is 12.1. The molecule has 5 nitrogen and oxygen atoms in total. The van der Waals surface area contributed by atoms with E-state index < -0.39 is 0 Å². The summed E-state index contributed by atoms with van der Waals surface area (Å²) in [6.45, 7) is 1.63. The number of para-hydroxylation sites is 2. The SMILES string of the molecule is CN(C)Cc1nc2ccccc2n1CC(=O)NCCc1ccccc1. The van der Waals surface area contributed by atoms with Gasteiger partial charge in [-0.25, -0.2) is 4.98 Å². The van der Waals surface area contributed by atoms with Gasteiger partial charge in [-0.1, -0.05) is 42.5 Å². The molecular formula is C20H24N4O. The molecule has 0 atom stereocenters. The molecule has 0 aliphatic heterocycles. The summed E-state index contributed by atoms with van der Waals surface area (Å²) in [5, 5.41) is 3.01. The molecule has 1 amide bonds. The van der Waals surface area contributed by atoms with Gasteiger partial charge in [0, 0.05) is 6.54 Å². The van der Waals surface area contributed by atoms with E-state index in [4.69, 9.17) is 0 Å². The van der Waals surface area contributed by atoms with Crippen LogP contribution in [0.5, 0.6) is 0 Å². The van der Waals surface area contributed by atoms with Gasteiger partial charge >= 0.3 is 0 Å². The van der Waals surface area contributed by atoms with Gasteiger partial charge in [-0.3, -0.25) is 4.79 Å². The van der Waals surface area contributed by atoms with Crippen molar-refractivity contribution in [3.63, 3.8) is 0 Å². The fourth-order valence-electron chi connectivity index (χ4n) is 2.90. The van der Waals surface area contributed by atoms with E-state index in [1.54, 1.807) is 0 Å². The van der Waals surface area contributed by atoms with E-state index in [1.807, 2.05) is 61.1 Å². The molecule has 0 aliphatic rings. The highest BCUT2D eigenvalue weighted by Gasteiger charge is 2.13. The summed E-state index contributed by atoms with van der Waals surface area (Å²) in [7, 11) is 4.01. The summed E-state index contributed by atoms with van der Waals surface area (Å²) in [4.78, 5) is 19.1.